The molecule has 0 spiro atoms. The third-order valence-corrected chi connectivity index (χ3v) is 4.49. The molecule has 0 saturated carbocycles. The van der Waals surface area contributed by atoms with E-state index in [1.165, 1.54) is 17.7 Å². The summed E-state index contributed by atoms with van der Waals surface area (Å²) in [7, 11) is 1.82. The van der Waals surface area contributed by atoms with E-state index in [1.54, 1.807) is 0 Å². The van der Waals surface area contributed by atoms with Gasteiger partial charge >= 0.3 is 0 Å². The number of hydrogen-bond acceptors (Lipinski definition) is 2. The highest BCUT2D eigenvalue weighted by molar-refractivity contribution is 5.79. The number of para-hydroxylation sites is 1. The second kappa shape index (κ2) is 8.39. The number of benzene rings is 2. The molecule has 1 aliphatic rings. The van der Waals surface area contributed by atoms with Crippen molar-refractivity contribution in [1.29, 1.82) is 0 Å². The zero-order valence-corrected chi connectivity index (χ0v) is 14.3. The van der Waals surface area contributed by atoms with Crippen molar-refractivity contribution >= 4 is 11.6 Å². The van der Waals surface area contributed by atoms with E-state index in [-0.39, 0.29) is 0 Å². The van der Waals surface area contributed by atoms with Crippen molar-refractivity contribution in [2.75, 3.05) is 31.6 Å². The quantitative estimate of drug-likeness (QED) is 0.657. The smallest absolute Gasteiger partial charge is 0.191 e. The summed E-state index contributed by atoms with van der Waals surface area (Å²) in [5.74, 6) is 1.53. The first kappa shape index (κ1) is 16.4. The molecule has 4 heteroatoms. The molecule has 2 aromatic carbocycles. The van der Waals surface area contributed by atoms with Gasteiger partial charge in [-0.2, -0.15) is 0 Å². The van der Waals surface area contributed by atoms with Crippen LogP contribution in [0.2, 0.25) is 0 Å². The van der Waals surface area contributed by atoms with Crippen molar-refractivity contribution in [2.24, 2.45) is 10.9 Å². The fourth-order valence-corrected chi connectivity index (χ4v) is 3.12. The van der Waals surface area contributed by atoms with Crippen LogP contribution in [0.25, 0.3) is 0 Å². The van der Waals surface area contributed by atoms with E-state index in [0.717, 1.165) is 32.1 Å². The van der Waals surface area contributed by atoms with Gasteiger partial charge in [0, 0.05) is 38.9 Å². The maximum absolute atomic E-state index is 4.32. The molecule has 0 aliphatic carbocycles. The van der Waals surface area contributed by atoms with E-state index >= 15 is 0 Å². The topological polar surface area (TPSA) is 39.7 Å². The van der Waals surface area contributed by atoms with Crippen molar-refractivity contribution in [3.8, 4) is 0 Å². The van der Waals surface area contributed by atoms with E-state index in [1.807, 2.05) is 13.1 Å². The maximum Gasteiger partial charge on any atom is 0.191 e. The molecule has 24 heavy (non-hydrogen) atoms. The molecule has 0 bridgehead atoms. The Bertz CT molecular complexity index is 639. The van der Waals surface area contributed by atoms with Gasteiger partial charge in [0.25, 0.3) is 0 Å². The zero-order chi connectivity index (χ0) is 16.6. The highest BCUT2D eigenvalue weighted by atomic mass is 15.2. The number of rotatable bonds is 5. The molecule has 0 aromatic heterocycles. The van der Waals surface area contributed by atoms with Crippen molar-refractivity contribution < 1.29 is 0 Å². The predicted octanol–water partition coefficient (Wildman–Crippen LogP) is 2.88. The number of hydrogen-bond donors (Lipinski definition) is 2. The minimum absolute atomic E-state index is 0.653. The van der Waals surface area contributed by atoms with Gasteiger partial charge in [-0.1, -0.05) is 48.5 Å². The van der Waals surface area contributed by atoms with Gasteiger partial charge in [-0.25, -0.2) is 0 Å². The molecule has 1 atom stereocenters. The summed E-state index contributed by atoms with van der Waals surface area (Å²) in [5.41, 5.74) is 2.59. The average molecular weight is 322 g/mol. The molecular weight excluding hydrogens is 296 g/mol. The molecule has 0 radical (unpaired) electrons. The van der Waals surface area contributed by atoms with Crippen LogP contribution in [0.4, 0.5) is 5.69 Å². The summed E-state index contributed by atoms with van der Waals surface area (Å²) in [6, 6.07) is 21.1. The predicted molar refractivity (Wildman–Crippen MR) is 101 cm³/mol. The first-order valence-electron chi connectivity index (χ1n) is 8.63. The van der Waals surface area contributed by atoms with Gasteiger partial charge in [-0.3, -0.25) is 4.99 Å². The number of guanidine groups is 1. The first-order chi connectivity index (χ1) is 11.8. The second-order valence-electron chi connectivity index (χ2n) is 6.23. The third-order valence-electron chi connectivity index (χ3n) is 4.49. The van der Waals surface area contributed by atoms with Crippen LogP contribution in [0.5, 0.6) is 0 Å². The second-order valence-corrected chi connectivity index (χ2v) is 6.23. The first-order valence-corrected chi connectivity index (χ1v) is 8.63. The number of nitrogens with zero attached hydrogens (tertiary/aromatic N) is 2. The fourth-order valence-electron chi connectivity index (χ4n) is 3.12. The Morgan fingerprint density at radius 2 is 1.75 bits per heavy atom. The molecule has 4 nitrogen and oxygen atoms in total. The normalized spacial score (nSPS) is 17.8. The van der Waals surface area contributed by atoms with Crippen LogP contribution in [0, 0.1) is 5.92 Å². The minimum atomic E-state index is 0.653. The van der Waals surface area contributed by atoms with Gasteiger partial charge in [0.1, 0.15) is 0 Å². The van der Waals surface area contributed by atoms with Crippen LogP contribution in [0.3, 0.4) is 0 Å². The molecular formula is C20H26N4. The molecule has 1 fully saturated rings. The standard InChI is InChI=1S/C20H26N4/c1-21-20(22-14-17-8-4-2-5-9-17)23-15-18-12-13-24(16-18)19-10-6-3-7-11-19/h2-11,18H,12-16H2,1H3,(H2,21,22,23). The summed E-state index contributed by atoms with van der Waals surface area (Å²) >= 11 is 0. The van der Waals surface area contributed by atoms with Gasteiger partial charge in [-0.15, -0.1) is 0 Å². The van der Waals surface area contributed by atoms with Gasteiger partial charge in [0.15, 0.2) is 5.96 Å². The Balaban J connectivity index is 1.43. The lowest BCUT2D eigenvalue weighted by Gasteiger charge is -2.19. The lowest BCUT2D eigenvalue weighted by Crippen LogP contribution is -2.39. The Kier molecular flexibility index (Phi) is 5.72. The summed E-state index contributed by atoms with van der Waals surface area (Å²) < 4.78 is 0. The molecule has 1 aliphatic heterocycles. The summed E-state index contributed by atoms with van der Waals surface area (Å²) in [6.07, 6.45) is 1.22. The Hall–Kier alpha value is -2.49. The van der Waals surface area contributed by atoms with Crippen LogP contribution in [-0.2, 0) is 6.54 Å². The maximum atomic E-state index is 4.32. The Morgan fingerprint density at radius 1 is 1.04 bits per heavy atom. The van der Waals surface area contributed by atoms with Crippen molar-refractivity contribution in [3.05, 3.63) is 66.2 Å². The van der Waals surface area contributed by atoms with Crippen molar-refractivity contribution in [3.63, 3.8) is 0 Å². The summed E-state index contributed by atoms with van der Waals surface area (Å²) in [4.78, 5) is 6.79. The molecule has 0 amide bonds. The molecule has 2 aromatic rings. The van der Waals surface area contributed by atoms with E-state index < -0.39 is 0 Å². The van der Waals surface area contributed by atoms with Gasteiger partial charge < -0.3 is 15.5 Å². The van der Waals surface area contributed by atoms with Crippen LogP contribution in [0.15, 0.2) is 65.7 Å². The van der Waals surface area contributed by atoms with E-state index in [2.05, 4.69) is 75.1 Å². The van der Waals surface area contributed by atoms with Gasteiger partial charge in [-0.05, 0) is 30.0 Å². The van der Waals surface area contributed by atoms with Crippen molar-refractivity contribution in [2.45, 2.75) is 13.0 Å². The Labute approximate surface area is 144 Å². The largest absolute Gasteiger partial charge is 0.371 e. The molecule has 1 heterocycles. The minimum Gasteiger partial charge on any atom is -0.371 e. The fraction of sp³-hybridized carbons (Fsp3) is 0.350. The molecule has 1 unspecified atom stereocenters. The summed E-state index contributed by atoms with van der Waals surface area (Å²) in [6.45, 7) is 3.98. The number of anilines is 1. The number of nitrogens with one attached hydrogen (secondary N) is 2. The summed E-state index contributed by atoms with van der Waals surface area (Å²) in [5, 5.41) is 6.84. The highest BCUT2D eigenvalue weighted by Gasteiger charge is 2.22. The monoisotopic (exact) mass is 322 g/mol. The molecule has 126 valence electrons. The van der Waals surface area contributed by atoms with E-state index in [9.17, 15) is 0 Å². The molecule has 2 N–H and O–H groups in total. The third kappa shape index (κ3) is 4.51. The number of aliphatic imine (C=N–C) groups is 1. The van der Waals surface area contributed by atoms with Crippen LogP contribution >= 0.6 is 0 Å². The van der Waals surface area contributed by atoms with Gasteiger partial charge in [0.2, 0.25) is 0 Å². The molecule has 3 rings (SSSR count). The van der Waals surface area contributed by atoms with Gasteiger partial charge in [0.05, 0.1) is 0 Å². The van der Waals surface area contributed by atoms with E-state index in [0.29, 0.717) is 5.92 Å². The van der Waals surface area contributed by atoms with Crippen LogP contribution < -0.4 is 15.5 Å². The zero-order valence-electron chi connectivity index (χ0n) is 14.3. The van der Waals surface area contributed by atoms with Crippen molar-refractivity contribution in [1.82, 2.24) is 10.6 Å². The van der Waals surface area contributed by atoms with Crippen LogP contribution in [0.1, 0.15) is 12.0 Å². The average Bonchev–Trinajstić information content (AvgIpc) is 3.12. The SMILES string of the molecule is CN=C(NCc1ccccc1)NCC1CCN(c2ccccc2)C1. The lowest BCUT2D eigenvalue weighted by molar-refractivity contribution is 0.565. The van der Waals surface area contributed by atoms with Crippen LogP contribution in [-0.4, -0.2) is 32.6 Å². The lowest BCUT2D eigenvalue weighted by atomic mass is 10.1. The highest BCUT2D eigenvalue weighted by Crippen LogP contribution is 2.22. The molecule has 1 saturated heterocycles. The van der Waals surface area contributed by atoms with E-state index in [4.69, 9.17) is 0 Å². The Morgan fingerprint density at radius 3 is 2.46 bits per heavy atom.